The van der Waals surface area contributed by atoms with Gasteiger partial charge in [-0.05, 0) is 29.8 Å². The van der Waals surface area contributed by atoms with Crippen molar-refractivity contribution in [3.8, 4) is 0 Å². The van der Waals surface area contributed by atoms with Crippen LogP contribution in [0.15, 0.2) is 72.2 Å². The van der Waals surface area contributed by atoms with Crippen LogP contribution < -0.4 is 5.32 Å². The monoisotopic (exact) mass is 413 g/mol. The van der Waals surface area contributed by atoms with Crippen LogP contribution in [0.1, 0.15) is 12.0 Å². The lowest BCUT2D eigenvalue weighted by atomic mass is 10.2. The first kappa shape index (κ1) is 20.2. The minimum Gasteiger partial charge on any atom is -0.352 e. The molecule has 28 heavy (non-hydrogen) atoms. The van der Waals surface area contributed by atoms with Crippen LogP contribution in [-0.2, 0) is 16.1 Å². The number of carbonyl (C=O) groups excluding carboxylic acids is 2. The summed E-state index contributed by atoms with van der Waals surface area (Å²) in [6.45, 7) is 4.49. The zero-order valence-corrected chi connectivity index (χ0v) is 16.7. The van der Waals surface area contributed by atoms with Crippen molar-refractivity contribution in [2.24, 2.45) is 4.99 Å². The molecule has 0 aliphatic carbocycles. The van der Waals surface area contributed by atoms with Gasteiger partial charge >= 0.3 is 0 Å². The van der Waals surface area contributed by atoms with Crippen molar-refractivity contribution >= 4 is 46.0 Å². The van der Waals surface area contributed by atoms with Gasteiger partial charge in [-0.25, -0.2) is 4.99 Å². The number of benzene rings is 2. The van der Waals surface area contributed by atoms with Crippen LogP contribution in [0.2, 0.25) is 5.02 Å². The number of thioether (sulfide) groups is 1. The van der Waals surface area contributed by atoms with Crippen molar-refractivity contribution < 1.29 is 9.59 Å². The third-order valence-electron chi connectivity index (χ3n) is 4.09. The molecule has 0 spiro atoms. The SMILES string of the molecule is C=CCN1C(=O)C(CC(=O)NCc2ccccc2)SC1=Nc1ccc(Cl)cc1. The summed E-state index contributed by atoms with van der Waals surface area (Å²) < 4.78 is 0. The molecule has 1 unspecified atom stereocenters. The van der Waals surface area contributed by atoms with Gasteiger partial charge in [-0.2, -0.15) is 0 Å². The van der Waals surface area contributed by atoms with Crippen LogP contribution in [-0.4, -0.2) is 33.7 Å². The summed E-state index contributed by atoms with van der Waals surface area (Å²) in [5.74, 6) is -0.298. The second-order valence-corrected chi connectivity index (χ2v) is 7.79. The number of rotatable bonds is 7. The first-order chi connectivity index (χ1) is 13.6. The summed E-state index contributed by atoms with van der Waals surface area (Å²) in [5, 5.41) is 3.55. The first-order valence-electron chi connectivity index (χ1n) is 8.80. The maximum absolute atomic E-state index is 12.7. The minimum atomic E-state index is -0.498. The van der Waals surface area contributed by atoms with E-state index in [2.05, 4.69) is 16.9 Å². The van der Waals surface area contributed by atoms with Gasteiger partial charge in [0, 0.05) is 24.5 Å². The van der Waals surface area contributed by atoms with Gasteiger partial charge in [0.2, 0.25) is 11.8 Å². The summed E-state index contributed by atoms with van der Waals surface area (Å²) >= 11 is 7.21. The van der Waals surface area contributed by atoms with Gasteiger partial charge in [0.1, 0.15) is 5.25 Å². The molecule has 1 heterocycles. The van der Waals surface area contributed by atoms with E-state index in [0.717, 1.165) is 5.56 Å². The Hall–Kier alpha value is -2.57. The minimum absolute atomic E-state index is 0.101. The maximum Gasteiger partial charge on any atom is 0.242 e. The van der Waals surface area contributed by atoms with E-state index in [0.29, 0.717) is 29.0 Å². The second-order valence-electron chi connectivity index (χ2n) is 6.18. The zero-order chi connectivity index (χ0) is 19.9. The van der Waals surface area contributed by atoms with Crippen LogP contribution in [0.4, 0.5) is 5.69 Å². The molecule has 0 bridgehead atoms. The molecule has 1 aliphatic rings. The molecule has 5 nitrogen and oxygen atoms in total. The van der Waals surface area contributed by atoms with Crippen molar-refractivity contribution in [3.63, 3.8) is 0 Å². The fraction of sp³-hybridized carbons (Fsp3) is 0.190. The van der Waals surface area contributed by atoms with E-state index in [1.807, 2.05) is 30.3 Å². The topological polar surface area (TPSA) is 61.8 Å². The van der Waals surface area contributed by atoms with Crippen molar-refractivity contribution in [1.29, 1.82) is 0 Å². The molecule has 1 fully saturated rings. The second kappa shape index (κ2) is 9.57. The largest absolute Gasteiger partial charge is 0.352 e. The molecule has 144 valence electrons. The van der Waals surface area contributed by atoms with Crippen LogP contribution in [0.25, 0.3) is 0 Å². The lowest BCUT2D eigenvalue weighted by molar-refractivity contribution is -0.129. The maximum atomic E-state index is 12.7. The van der Waals surface area contributed by atoms with Gasteiger partial charge in [0.15, 0.2) is 5.17 Å². The van der Waals surface area contributed by atoms with E-state index in [4.69, 9.17) is 11.6 Å². The molecule has 7 heteroatoms. The van der Waals surface area contributed by atoms with Crippen molar-refractivity contribution in [3.05, 3.63) is 77.8 Å². The number of nitrogens with zero attached hydrogens (tertiary/aromatic N) is 2. The molecule has 1 saturated heterocycles. The number of nitrogens with one attached hydrogen (secondary N) is 1. The summed E-state index contributed by atoms with van der Waals surface area (Å²) in [7, 11) is 0. The van der Waals surface area contributed by atoms with Crippen molar-refractivity contribution in [2.75, 3.05) is 6.54 Å². The summed E-state index contributed by atoms with van der Waals surface area (Å²) in [6.07, 6.45) is 1.75. The molecular weight excluding hydrogens is 394 g/mol. The molecular formula is C21H20ClN3O2S. The Morgan fingerprint density at radius 3 is 2.61 bits per heavy atom. The lowest BCUT2D eigenvalue weighted by Gasteiger charge is -2.13. The highest BCUT2D eigenvalue weighted by molar-refractivity contribution is 8.15. The van der Waals surface area contributed by atoms with Gasteiger partial charge in [0.05, 0.1) is 5.69 Å². The Kier molecular flexibility index (Phi) is 6.90. The third-order valence-corrected chi connectivity index (χ3v) is 5.51. The van der Waals surface area contributed by atoms with Gasteiger partial charge in [-0.15, -0.1) is 6.58 Å². The Bertz CT molecular complexity index is 884. The quantitative estimate of drug-likeness (QED) is 0.693. The average molecular weight is 414 g/mol. The van der Waals surface area contributed by atoms with E-state index < -0.39 is 5.25 Å². The van der Waals surface area contributed by atoms with Crippen molar-refractivity contribution in [2.45, 2.75) is 18.2 Å². The van der Waals surface area contributed by atoms with Crippen molar-refractivity contribution in [1.82, 2.24) is 10.2 Å². The number of amidine groups is 1. The first-order valence-corrected chi connectivity index (χ1v) is 10.1. The Balaban J connectivity index is 1.66. The highest BCUT2D eigenvalue weighted by Crippen LogP contribution is 2.31. The molecule has 1 N–H and O–H groups in total. The average Bonchev–Trinajstić information content (AvgIpc) is 2.98. The number of carbonyl (C=O) groups is 2. The van der Waals surface area contributed by atoms with E-state index in [9.17, 15) is 9.59 Å². The van der Waals surface area contributed by atoms with Gasteiger partial charge in [0.25, 0.3) is 0 Å². The summed E-state index contributed by atoms with van der Waals surface area (Å²) in [6, 6.07) is 16.7. The molecule has 3 rings (SSSR count). The van der Waals surface area contributed by atoms with Crippen LogP contribution >= 0.6 is 23.4 Å². The highest BCUT2D eigenvalue weighted by Gasteiger charge is 2.38. The number of amides is 2. The lowest BCUT2D eigenvalue weighted by Crippen LogP contribution is -2.34. The van der Waals surface area contributed by atoms with Gasteiger partial charge < -0.3 is 5.32 Å². The van der Waals surface area contributed by atoms with E-state index in [1.165, 1.54) is 11.8 Å². The predicted octanol–water partition coefficient (Wildman–Crippen LogP) is 4.16. The van der Waals surface area contributed by atoms with Crippen LogP contribution in [0.3, 0.4) is 0 Å². The Morgan fingerprint density at radius 1 is 1.21 bits per heavy atom. The molecule has 2 amide bonds. The van der Waals surface area contributed by atoms with E-state index in [-0.39, 0.29) is 18.2 Å². The van der Waals surface area contributed by atoms with Crippen LogP contribution in [0.5, 0.6) is 0 Å². The fourth-order valence-corrected chi connectivity index (χ4v) is 3.98. The Morgan fingerprint density at radius 2 is 1.93 bits per heavy atom. The molecule has 0 radical (unpaired) electrons. The molecule has 2 aromatic carbocycles. The third kappa shape index (κ3) is 5.24. The van der Waals surface area contributed by atoms with Gasteiger partial charge in [-0.1, -0.05) is 59.8 Å². The highest BCUT2D eigenvalue weighted by atomic mass is 35.5. The van der Waals surface area contributed by atoms with Gasteiger partial charge in [-0.3, -0.25) is 14.5 Å². The van der Waals surface area contributed by atoms with Crippen LogP contribution in [0, 0.1) is 0 Å². The Labute approximate surface area is 173 Å². The number of halogens is 1. The van der Waals surface area contributed by atoms with E-state index >= 15 is 0 Å². The normalized spacial score (nSPS) is 17.8. The predicted molar refractivity (Wildman–Crippen MR) is 115 cm³/mol. The number of hydrogen-bond donors (Lipinski definition) is 1. The zero-order valence-electron chi connectivity index (χ0n) is 15.2. The summed E-state index contributed by atoms with van der Waals surface area (Å²) in [5.41, 5.74) is 1.71. The number of aliphatic imine (C=N–C) groups is 1. The fourth-order valence-electron chi connectivity index (χ4n) is 2.69. The molecule has 1 aliphatic heterocycles. The number of hydrogen-bond acceptors (Lipinski definition) is 4. The molecule has 0 saturated carbocycles. The van der Waals surface area contributed by atoms with E-state index in [1.54, 1.807) is 35.2 Å². The smallest absolute Gasteiger partial charge is 0.242 e. The molecule has 2 aromatic rings. The molecule has 1 atom stereocenters. The summed E-state index contributed by atoms with van der Waals surface area (Å²) in [4.78, 5) is 31.2. The standard InChI is InChI=1S/C21H20ClN3O2S/c1-2-12-25-20(27)18(13-19(26)23-14-15-6-4-3-5-7-15)28-21(25)24-17-10-8-16(22)9-11-17/h2-11,18H,1,12-14H2,(H,23,26). The molecule has 0 aromatic heterocycles.